The molecule has 140 valence electrons. The van der Waals surface area contributed by atoms with Crippen molar-refractivity contribution in [1.82, 2.24) is 10.3 Å². The SMILES string of the molecule is c1cncc(-c2ccc3c(c2)Oc2ccccc2N3C2C[C@H]3CC[C@@H](C2)N3)c1. The largest absolute Gasteiger partial charge is 0.453 e. The smallest absolute Gasteiger partial charge is 0.151 e. The van der Waals surface area contributed by atoms with E-state index >= 15 is 0 Å². The van der Waals surface area contributed by atoms with Gasteiger partial charge in [0.25, 0.3) is 0 Å². The number of para-hydroxylation sites is 2. The Balaban J connectivity index is 1.45. The van der Waals surface area contributed by atoms with E-state index in [1.807, 2.05) is 18.5 Å². The van der Waals surface area contributed by atoms with Gasteiger partial charge in [-0.1, -0.05) is 24.3 Å². The maximum absolute atomic E-state index is 6.35. The van der Waals surface area contributed by atoms with Crippen LogP contribution in [0.25, 0.3) is 11.1 Å². The molecule has 2 bridgehead atoms. The zero-order valence-electron chi connectivity index (χ0n) is 15.7. The molecule has 0 aliphatic carbocycles. The van der Waals surface area contributed by atoms with Gasteiger partial charge in [0.2, 0.25) is 0 Å². The Bertz CT molecular complexity index is 1010. The molecule has 2 aromatic carbocycles. The average Bonchev–Trinajstić information content (AvgIpc) is 3.09. The topological polar surface area (TPSA) is 37.4 Å². The Morgan fingerprint density at radius 3 is 2.50 bits per heavy atom. The first-order chi connectivity index (χ1) is 13.8. The van der Waals surface area contributed by atoms with Gasteiger partial charge in [-0.15, -0.1) is 0 Å². The number of rotatable bonds is 2. The molecule has 3 aliphatic heterocycles. The summed E-state index contributed by atoms with van der Waals surface area (Å²) < 4.78 is 6.35. The molecule has 4 heterocycles. The lowest BCUT2D eigenvalue weighted by molar-refractivity contribution is 0.353. The molecule has 2 saturated heterocycles. The first-order valence-corrected chi connectivity index (χ1v) is 10.2. The highest BCUT2D eigenvalue weighted by molar-refractivity contribution is 5.81. The molecule has 0 radical (unpaired) electrons. The number of fused-ring (bicyclic) bond motifs is 4. The molecular weight excluding hydrogens is 346 g/mol. The minimum atomic E-state index is 0.506. The fraction of sp³-hybridized carbons (Fsp3) is 0.292. The number of aromatic nitrogens is 1. The van der Waals surface area contributed by atoms with Crippen LogP contribution in [-0.2, 0) is 0 Å². The van der Waals surface area contributed by atoms with E-state index in [0.717, 1.165) is 22.6 Å². The fourth-order valence-electron chi connectivity index (χ4n) is 5.13. The number of piperidine rings is 1. The van der Waals surface area contributed by atoms with Crippen molar-refractivity contribution < 1.29 is 4.74 Å². The molecule has 0 spiro atoms. The third kappa shape index (κ3) is 2.60. The second-order valence-corrected chi connectivity index (χ2v) is 8.13. The van der Waals surface area contributed by atoms with E-state index in [0.29, 0.717) is 18.1 Å². The normalized spacial score (nSPS) is 25.0. The van der Waals surface area contributed by atoms with E-state index in [4.69, 9.17) is 4.74 Å². The highest BCUT2D eigenvalue weighted by atomic mass is 16.5. The first kappa shape index (κ1) is 16.1. The molecule has 1 aromatic heterocycles. The van der Waals surface area contributed by atoms with Gasteiger partial charge in [0, 0.05) is 36.1 Å². The average molecular weight is 369 g/mol. The van der Waals surface area contributed by atoms with Gasteiger partial charge in [0.15, 0.2) is 11.5 Å². The summed E-state index contributed by atoms with van der Waals surface area (Å²) in [6.07, 6.45) is 8.70. The Kier molecular flexibility index (Phi) is 3.66. The number of benzene rings is 2. The highest BCUT2D eigenvalue weighted by Crippen LogP contribution is 2.50. The maximum atomic E-state index is 6.35. The second-order valence-electron chi connectivity index (χ2n) is 8.13. The van der Waals surface area contributed by atoms with E-state index in [2.05, 4.69) is 63.7 Å². The van der Waals surface area contributed by atoms with Gasteiger partial charge in [0.1, 0.15) is 0 Å². The Hall–Kier alpha value is -2.85. The predicted octanol–water partition coefficient (Wildman–Crippen LogP) is 5.28. The molecule has 6 rings (SSSR count). The molecule has 3 aliphatic rings. The van der Waals surface area contributed by atoms with E-state index in [1.54, 1.807) is 0 Å². The van der Waals surface area contributed by atoms with Gasteiger partial charge < -0.3 is 15.0 Å². The minimum Gasteiger partial charge on any atom is -0.453 e. The number of nitrogens with zero attached hydrogens (tertiary/aromatic N) is 2. The molecule has 0 saturated carbocycles. The number of hydrogen-bond acceptors (Lipinski definition) is 4. The van der Waals surface area contributed by atoms with E-state index in [1.165, 1.54) is 37.1 Å². The quantitative estimate of drug-likeness (QED) is 0.667. The highest BCUT2D eigenvalue weighted by Gasteiger charge is 2.39. The Morgan fingerprint density at radius 2 is 1.68 bits per heavy atom. The summed E-state index contributed by atoms with van der Waals surface area (Å²) >= 11 is 0. The van der Waals surface area contributed by atoms with E-state index < -0.39 is 0 Å². The molecule has 4 heteroatoms. The van der Waals surface area contributed by atoms with Crippen LogP contribution in [0.3, 0.4) is 0 Å². The number of nitrogens with one attached hydrogen (secondary N) is 1. The van der Waals surface area contributed by atoms with Crippen molar-refractivity contribution >= 4 is 11.4 Å². The molecule has 28 heavy (non-hydrogen) atoms. The van der Waals surface area contributed by atoms with Gasteiger partial charge in [-0.2, -0.15) is 0 Å². The lowest BCUT2D eigenvalue weighted by Crippen LogP contribution is -2.47. The van der Waals surface area contributed by atoms with Crippen LogP contribution in [0, 0.1) is 0 Å². The summed E-state index contributed by atoms with van der Waals surface area (Å²) in [5, 5.41) is 3.77. The predicted molar refractivity (Wildman–Crippen MR) is 111 cm³/mol. The second kappa shape index (κ2) is 6.35. The molecule has 2 fully saturated rings. The van der Waals surface area contributed by atoms with E-state index in [9.17, 15) is 0 Å². The standard InChI is InChI=1S/C24H23N3O/c1-2-6-23-21(5-1)27(20-13-18-8-9-19(14-20)26-18)22-10-7-16(12-24(22)28-23)17-4-3-11-25-15-17/h1-7,10-12,15,18-20,26H,8-9,13-14H2/t18-,19+,20?. The summed E-state index contributed by atoms with van der Waals surface area (Å²) in [7, 11) is 0. The number of hydrogen-bond donors (Lipinski definition) is 1. The third-order valence-electron chi connectivity index (χ3n) is 6.37. The van der Waals surface area contributed by atoms with Gasteiger partial charge >= 0.3 is 0 Å². The minimum absolute atomic E-state index is 0.506. The van der Waals surface area contributed by atoms with Crippen LogP contribution in [0.1, 0.15) is 25.7 Å². The van der Waals surface area contributed by atoms with Crippen LogP contribution in [0.15, 0.2) is 67.0 Å². The summed E-state index contributed by atoms with van der Waals surface area (Å²) in [6, 6.07) is 20.9. The maximum Gasteiger partial charge on any atom is 0.151 e. The van der Waals surface area contributed by atoms with Crippen LogP contribution in [-0.4, -0.2) is 23.1 Å². The Morgan fingerprint density at radius 1 is 0.857 bits per heavy atom. The molecular formula is C24H23N3O. The summed E-state index contributed by atoms with van der Waals surface area (Å²) in [5.74, 6) is 1.88. The molecule has 4 nitrogen and oxygen atoms in total. The van der Waals surface area contributed by atoms with Crippen LogP contribution < -0.4 is 15.0 Å². The van der Waals surface area contributed by atoms with Crippen molar-refractivity contribution in [3.8, 4) is 22.6 Å². The molecule has 1 N–H and O–H groups in total. The molecule has 3 aromatic rings. The van der Waals surface area contributed by atoms with Crippen LogP contribution in [0.4, 0.5) is 11.4 Å². The number of pyridine rings is 1. The fourth-order valence-corrected chi connectivity index (χ4v) is 5.13. The lowest BCUT2D eigenvalue weighted by Gasteiger charge is -2.42. The van der Waals surface area contributed by atoms with Crippen LogP contribution in [0.2, 0.25) is 0 Å². The molecule has 3 atom stereocenters. The number of anilines is 2. The zero-order chi connectivity index (χ0) is 18.5. The molecule has 1 unspecified atom stereocenters. The summed E-state index contributed by atoms with van der Waals surface area (Å²) in [6.45, 7) is 0. The van der Waals surface area contributed by atoms with Crippen molar-refractivity contribution in [1.29, 1.82) is 0 Å². The van der Waals surface area contributed by atoms with Crippen molar-refractivity contribution in [2.45, 2.75) is 43.8 Å². The van der Waals surface area contributed by atoms with Crippen molar-refractivity contribution in [3.05, 3.63) is 67.0 Å². The van der Waals surface area contributed by atoms with Crippen LogP contribution >= 0.6 is 0 Å². The summed E-state index contributed by atoms with van der Waals surface area (Å²) in [5.41, 5.74) is 4.61. The van der Waals surface area contributed by atoms with Gasteiger partial charge in [-0.25, -0.2) is 0 Å². The molecule has 0 amide bonds. The van der Waals surface area contributed by atoms with Crippen molar-refractivity contribution in [2.24, 2.45) is 0 Å². The van der Waals surface area contributed by atoms with Gasteiger partial charge in [0.05, 0.1) is 11.4 Å². The van der Waals surface area contributed by atoms with Gasteiger partial charge in [-0.05, 0) is 61.6 Å². The van der Waals surface area contributed by atoms with Crippen LogP contribution in [0.5, 0.6) is 11.5 Å². The van der Waals surface area contributed by atoms with Gasteiger partial charge in [-0.3, -0.25) is 4.98 Å². The number of ether oxygens (including phenoxy) is 1. The Labute approximate surface area is 165 Å². The van der Waals surface area contributed by atoms with E-state index in [-0.39, 0.29) is 0 Å². The zero-order valence-corrected chi connectivity index (χ0v) is 15.7. The monoisotopic (exact) mass is 369 g/mol. The van der Waals surface area contributed by atoms with Crippen molar-refractivity contribution in [2.75, 3.05) is 4.90 Å². The van der Waals surface area contributed by atoms with Crippen molar-refractivity contribution in [3.63, 3.8) is 0 Å². The summed E-state index contributed by atoms with van der Waals surface area (Å²) in [4.78, 5) is 6.80. The third-order valence-corrected chi connectivity index (χ3v) is 6.37. The lowest BCUT2D eigenvalue weighted by atomic mass is 9.95. The first-order valence-electron chi connectivity index (χ1n) is 10.2.